The summed E-state index contributed by atoms with van der Waals surface area (Å²) in [5.74, 6) is -0.871. The minimum atomic E-state index is -0.871. The SMILES string of the molecule is O=Cc1ccc(-c2c(Cl)cc(Cl)cc2Cl)nc1F. The summed E-state index contributed by atoms with van der Waals surface area (Å²) in [6.07, 6.45) is 0.386. The highest BCUT2D eigenvalue weighted by atomic mass is 35.5. The summed E-state index contributed by atoms with van der Waals surface area (Å²) in [6.45, 7) is 0. The number of hydrogen-bond donors (Lipinski definition) is 0. The van der Waals surface area contributed by atoms with Crippen molar-refractivity contribution in [1.82, 2.24) is 4.98 Å². The van der Waals surface area contributed by atoms with Gasteiger partial charge >= 0.3 is 0 Å². The number of pyridine rings is 1. The molecule has 1 aromatic carbocycles. The molecule has 0 bridgehead atoms. The standard InChI is InChI=1S/C12H5Cl3FNO/c13-7-3-8(14)11(9(15)4-7)10-2-1-6(5-18)12(16)17-10/h1-5H. The molecule has 0 saturated heterocycles. The molecule has 2 rings (SSSR count). The lowest BCUT2D eigenvalue weighted by Crippen LogP contribution is -1.95. The van der Waals surface area contributed by atoms with E-state index in [0.717, 1.165) is 0 Å². The maximum absolute atomic E-state index is 13.4. The molecular weight excluding hydrogens is 299 g/mol. The third kappa shape index (κ3) is 2.48. The molecule has 0 unspecified atom stereocenters. The zero-order chi connectivity index (χ0) is 13.3. The normalized spacial score (nSPS) is 10.4. The second-order valence-electron chi connectivity index (χ2n) is 3.44. The molecule has 92 valence electrons. The van der Waals surface area contributed by atoms with Crippen molar-refractivity contribution in [3.8, 4) is 11.3 Å². The van der Waals surface area contributed by atoms with E-state index < -0.39 is 5.95 Å². The Morgan fingerprint density at radius 3 is 2.22 bits per heavy atom. The second kappa shape index (κ2) is 5.22. The first-order valence-corrected chi connectivity index (χ1v) is 5.93. The average molecular weight is 305 g/mol. The molecule has 0 spiro atoms. The first-order chi connectivity index (χ1) is 8.52. The number of hydrogen-bond acceptors (Lipinski definition) is 2. The first kappa shape index (κ1) is 13.3. The molecule has 0 fully saturated rings. The van der Waals surface area contributed by atoms with Crippen LogP contribution in [0, 0.1) is 5.95 Å². The van der Waals surface area contributed by atoms with E-state index in [4.69, 9.17) is 34.8 Å². The van der Waals surface area contributed by atoms with Crippen molar-refractivity contribution in [2.45, 2.75) is 0 Å². The number of halogens is 4. The van der Waals surface area contributed by atoms with Gasteiger partial charge in [0.25, 0.3) is 0 Å². The topological polar surface area (TPSA) is 30.0 Å². The molecule has 0 aliphatic carbocycles. The molecule has 2 aromatic rings. The van der Waals surface area contributed by atoms with Gasteiger partial charge in [0.15, 0.2) is 6.29 Å². The Kier molecular flexibility index (Phi) is 3.85. The van der Waals surface area contributed by atoms with Gasteiger partial charge < -0.3 is 0 Å². The van der Waals surface area contributed by atoms with Crippen LogP contribution >= 0.6 is 34.8 Å². The Morgan fingerprint density at radius 2 is 1.72 bits per heavy atom. The van der Waals surface area contributed by atoms with Crippen LogP contribution in [0.25, 0.3) is 11.3 Å². The molecule has 0 atom stereocenters. The zero-order valence-corrected chi connectivity index (χ0v) is 11.0. The minimum Gasteiger partial charge on any atom is -0.298 e. The van der Waals surface area contributed by atoms with Crippen LogP contribution in [0.4, 0.5) is 4.39 Å². The summed E-state index contributed by atoms with van der Waals surface area (Å²) >= 11 is 17.8. The fourth-order valence-corrected chi connectivity index (χ4v) is 2.47. The number of carbonyl (C=O) groups is 1. The van der Waals surface area contributed by atoms with Crippen molar-refractivity contribution in [3.63, 3.8) is 0 Å². The van der Waals surface area contributed by atoms with Crippen molar-refractivity contribution >= 4 is 41.1 Å². The Morgan fingerprint density at radius 1 is 1.11 bits per heavy atom. The molecular formula is C12H5Cl3FNO. The van der Waals surface area contributed by atoms with Crippen LogP contribution in [0.2, 0.25) is 15.1 Å². The lowest BCUT2D eigenvalue weighted by atomic mass is 10.1. The van der Waals surface area contributed by atoms with E-state index >= 15 is 0 Å². The highest BCUT2D eigenvalue weighted by Crippen LogP contribution is 2.36. The van der Waals surface area contributed by atoms with Crippen molar-refractivity contribution in [1.29, 1.82) is 0 Å². The molecule has 6 heteroatoms. The van der Waals surface area contributed by atoms with Gasteiger partial charge in [0.2, 0.25) is 5.95 Å². The predicted octanol–water partition coefficient (Wildman–Crippen LogP) is 4.66. The smallest absolute Gasteiger partial charge is 0.224 e. The van der Waals surface area contributed by atoms with Gasteiger partial charge in [-0.2, -0.15) is 4.39 Å². The number of aromatic nitrogens is 1. The van der Waals surface area contributed by atoms with Gasteiger partial charge in [-0.15, -0.1) is 0 Å². The zero-order valence-electron chi connectivity index (χ0n) is 8.75. The quantitative estimate of drug-likeness (QED) is 0.596. The summed E-state index contributed by atoms with van der Waals surface area (Å²) in [4.78, 5) is 14.2. The average Bonchev–Trinajstić information content (AvgIpc) is 2.27. The number of benzene rings is 1. The van der Waals surface area contributed by atoms with E-state index in [9.17, 15) is 9.18 Å². The van der Waals surface area contributed by atoms with Gasteiger partial charge in [0, 0.05) is 10.6 Å². The van der Waals surface area contributed by atoms with Gasteiger partial charge in [-0.05, 0) is 24.3 Å². The van der Waals surface area contributed by atoms with Crippen molar-refractivity contribution < 1.29 is 9.18 Å². The molecule has 0 radical (unpaired) electrons. The van der Waals surface area contributed by atoms with Gasteiger partial charge in [-0.1, -0.05) is 34.8 Å². The highest BCUT2D eigenvalue weighted by molar-refractivity contribution is 6.41. The van der Waals surface area contributed by atoms with E-state index in [2.05, 4.69) is 4.98 Å². The summed E-state index contributed by atoms with van der Waals surface area (Å²) in [6, 6.07) is 5.74. The Labute approximate surface area is 117 Å². The monoisotopic (exact) mass is 303 g/mol. The van der Waals surface area contributed by atoms with Crippen molar-refractivity contribution in [3.05, 3.63) is 50.8 Å². The Balaban J connectivity index is 2.62. The molecule has 1 aromatic heterocycles. The minimum absolute atomic E-state index is 0.125. The van der Waals surface area contributed by atoms with Gasteiger partial charge in [0.1, 0.15) is 0 Å². The van der Waals surface area contributed by atoms with Crippen molar-refractivity contribution in [2.75, 3.05) is 0 Å². The molecule has 1 heterocycles. The molecule has 0 N–H and O–H groups in total. The van der Waals surface area contributed by atoms with Gasteiger partial charge in [0.05, 0.1) is 21.3 Å². The van der Waals surface area contributed by atoms with Crippen LogP contribution < -0.4 is 0 Å². The molecule has 0 aliphatic rings. The lowest BCUT2D eigenvalue weighted by molar-refractivity contribution is 0.111. The lowest BCUT2D eigenvalue weighted by Gasteiger charge is -2.07. The summed E-state index contributed by atoms with van der Waals surface area (Å²) in [5, 5.41) is 0.898. The Bertz CT molecular complexity index is 608. The second-order valence-corrected chi connectivity index (χ2v) is 4.69. The fourth-order valence-electron chi connectivity index (χ4n) is 1.46. The third-order valence-corrected chi connectivity index (χ3v) is 3.08. The van der Waals surface area contributed by atoms with E-state index in [1.165, 1.54) is 24.3 Å². The Hall–Kier alpha value is -1.16. The first-order valence-electron chi connectivity index (χ1n) is 4.79. The third-order valence-electron chi connectivity index (χ3n) is 2.27. The maximum Gasteiger partial charge on any atom is 0.224 e. The molecule has 0 saturated carbocycles. The molecule has 0 aliphatic heterocycles. The summed E-state index contributed by atoms with van der Waals surface area (Å²) in [5.41, 5.74) is 0.490. The van der Waals surface area contributed by atoms with Crippen LogP contribution in [0.1, 0.15) is 10.4 Å². The summed E-state index contributed by atoms with van der Waals surface area (Å²) in [7, 11) is 0. The molecule has 2 nitrogen and oxygen atoms in total. The van der Waals surface area contributed by atoms with E-state index in [1.807, 2.05) is 0 Å². The number of rotatable bonds is 2. The van der Waals surface area contributed by atoms with Crippen LogP contribution in [0.5, 0.6) is 0 Å². The number of nitrogens with zero attached hydrogens (tertiary/aromatic N) is 1. The van der Waals surface area contributed by atoms with Gasteiger partial charge in [-0.25, -0.2) is 4.98 Å². The number of aldehydes is 1. The van der Waals surface area contributed by atoms with Crippen LogP contribution in [-0.4, -0.2) is 11.3 Å². The number of carbonyl (C=O) groups excluding carboxylic acids is 1. The molecule has 0 amide bonds. The van der Waals surface area contributed by atoms with E-state index in [-0.39, 0.29) is 21.3 Å². The van der Waals surface area contributed by atoms with E-state index in [0.29, 0.717) is 16.9 Å². The van der Waals surface area contributed by atoms with E-state index in [1.54, 1.807) is 0 Å². The largest absolute Gasteiger partial charge is 0.298 e. The van der Waals surface area contributed by atoms with Crippen molar-refractivity contribution in [2.24, 2.45) is 0 Å². The predicted molar refractivity (Wildman–Crippen MR) is 70.0 cm³/mol. The van der Waals surface area contributed by atoms with Crippen LogP contribution in [-0.2, 0) is 0 Å². The highest BCUT2D eigenvalue weighted by Gasteiger charge is 2.13. The maximum atomic E-state index is 13.4. The van der Waals surface area contributed by atoms with Crippen LogP contribution in [0.15, 0.2) is 24.3 Å². The van der Waals surface area contributed by atoms with Crippen LogP contribution in [0.3, 0.4) is 0 Å². The summed E-state index contributed by atoms with van der Waals surface area (Å²) < 4.78 is 13.4. The molecule has 18 heavy (non-hydrogen) atoms. The fraction of sp³-hybridized carbons (Fsp3) is 0. The van der Waals surface area contributed by atoms with Gasteiger partial charge in [-0.3, -0.25) is 4.79 Å².